The van der Waals surface area contributed by atoms with Crippen molar-refractivity contribution in [2.45, 2.75) is 12.8 Å². The summed E-state index contributed by atoms with van der Waals surface area (Å²) in [6.45, 7) is 0.298. The molecule has 7 heteroatoms. The number of carbonyl (C=O) groups excluding carboxylic acids is 2. The number of fused-ring (bicyclic) bond motifs is 1. The molecule has 2 amide bonds. The quantitative estimate of drug-likeness (QED) is 0.786. The average molecular weight is 348 g/mol. The number of aromatic nitrogens is 2. The minimum absolute atomic E-state index is 0.0822. The molecular weight excluding hydrogens is 332 g/mol. The third-order valence-electron chi connectivity index (χ3n) is 4.18. The fourth-order valence-corrected chi connectivity index (χ4v) is 2.90. The summed E-state index contributed by atoms with van der Waals surface area (Å²) in [4.78, 5) is 30.3. The molecule has 1 N–H and O–H groups in total. The summed E-state index contributed by atoms with van der Waals surface area (Å²) >= 11 is 0. The van der Waals surface area contributed by atoms with Crippen LogP contribution in [0.15, 0.2) is 59.4 Å². The van der Waals surface area contributed by atoms with Crippen molar-refractivity contribution in [2.75, 3.05) is 16.8 Å². The van der Waals surface area contributed by atoms with Crippen molar-refractivity contribution in [1.82, 2.24) is 10.1 Å². The minimum atomic E-state index is -0.163. The summed E-state index contributed by atoms with van der Waals surface area (Å²) in [6, 6.07) is 13.0. The third kappa shape index (κ3) is 3.19. The Morgan fingerprint density at radius 3 is 2.92 bits per heavy atom. The van der Waals surface area contributed by atoms with Gasteiger partial charge in [-0.05, 0) is 6.07 Å². The molecule has 7 nitrogen and oxygen atoms in total. The van der Waals surface area contributed by atoms with E-state index < -0.39 is 0 Å². The molecule has 3 aromatic rings. The van der Waals surface area contributed by atoms with Crippen LogP contribution in [0.3, 0.4) is 0 Å². The van der Waals surface area contributed by atoms with Crippen LogP contribution in [0.2, 0.25) is 0 Å². The van der Waals surface area contributed by atoms with E-state index in [1.807, 2.05) is 30.3 Å². The predicted molar refractivity (Wildman–Crippen MR) is 95.5 cm³/mol. The summed E-state index contributed by atoms with van der Waals surface area (Å²) in [5, 5.41) is 6.79. The van der Waals surface area contributed by atoms with E-state index in [2.05, 4.69) is 15.5 Å². The van der Waals surface area contributed by atoms with Gasteiger partial charge in [0.1, 0.15) is 0 Å². The molecular formula is C19H16N4O3. The normalized spacial score (nSPS) is 13.7. The van der Waals surface area contributed by atoms with E-state index in [1.165, 1.54) is 0 Å². The largest absolute Gasteiger partial charge is 0.356 e. The van der Waals surface area contributed by atoms with Crippen LogP contribution in [0.5, 0.6) is 0 Å². The molecule has 0 saturated carbocycles. The Labute approximate surface area is 149 Å². The van der Waals surface area contributed by atoms with Crippen LogP contribution < -0.4 is 10.2 Å². The van der Waals surface area contributed by atoms with Crippen molar-refractivity contribution in [3.63, 3.8) is 0 Å². The van der Waals surface area contributed by atoms with Crippen molar-refractivity contribution in [3.8, 4) is 11.3 Å². The third-order valence-corrected chi connectivity index (χ3v) is 4.18. The van der Waals surface area contributed by atoms with Gasteiger partial charge in [0.05, 0.1) is 29.7 Å². The zero-order chi connectivity index (χ0) is 17.9. The topological polar surface area (TPSA) is 88.3 Å². The van der Waals surface area contributed by atoms with Crippen LogP contribution in [-0.4, -0.2) is 28.5 Å². The highest BCUT2D eigenvalue weighted by molar-refractivity contribution is 6.03. The van der Waals surface area contributed by atoms with Crippen LogP contribution in [0, 0.1) is 0 Å². The number of hydrogen-bond donors (Lipinski definition) is 1. The van der Waals surface area contributed by atoms with Gasteiger partial charge in [-0.15, -0.1) is 0 Å². The lowest BCUT2D eigenvalue weighted by molar-refractivity contribution is -0.118. The van der Waals surface area contributed by atoms with Gasteiger partial charge in [-0.3, -0.25) is 14.6 Å². The monoisotopic (exact) mass is 348 g/mol. The molecule has 130 valence electrons. The maximum atomic E-state index is 12.8. The van der Waals surface area contributed by atoms with E-state index in [1.54, 1.807) is 29.4 Å². The first kappa shape index (κ1) is 16.0. The molecule has 1 aromatic carbocycles. The summed E-state index contributed by atoms with van der Waals surface area (Å²) in [5.74, 6) is 0.326. The molecule has 2 aromatic heterocycles. The molecule has 1 aliphatic rings. The zero-order valence-electron chi connectivity index (χ0n) is 13.9. The summed E-state index contributed by atoms with van der Waals surface area (Å²) in [6.07, 6.45) is 3.47. The standard InChI is InChI=1S/C19H16N4O3/c24-18-7-9-23(16-12-20-8-6-15(16)21-18)19(25)11-14-10-17(26-22-14)13-4-2-1-3-5-13/h1-6,8,10,12H,7,9,11H2,(H,21,24). The molecule has 0 atom stereocenters. The van der Waals surface area contributed by atoms with Gasteiger partial charge in [0.2, 0.25) is 11.8 Å². The Morgan fingerprint density at radius 2 is 2.08 bits per heavy atom. The Hall–Kier alpha value is -3.48. The SMILES string of the molecule is O=C1CCN(C(=O)Cc2cc(-c3ccccc3)on2)c2cnccc2N1. The molecule has 1 aliphatic heterocycles. The van der Waals surface area contributed by atoms with Gasteiger partial charge in [0, 0.05) is 30.8 Å². The first-order chi connectivity index (χ1) is 12.7. The molecule has 0 saturated heterocycles. The van der Waals surface area contributed by atoms with Crippen molar-refractivity contribution in [3.05, 3.63) is 60.6 Å². The Bertz CT molecular complexity index is 952. The van der Waals surface area contributed by atoms with E-state index in [-0.39, 0.29) is 24.7 Å². The van der Waals surface area contributed by atoms with Crippen molar-refractivity contribution >= 4 is 23.2 Å². The van der Waals surface area contributed by atoms with E-state index in [0.717, 1.165) is 5.56 Å². The number of hydrogen-bond acceptors (Lipinski definition) is 5. The van der Waals surface area contributed by atoms with E-state index in [0.29, 0.717) is 29.4 Å². The second-order valence-electron chi connectivity index (χ2n) is 5.96. The van der Waals surface area contributed by atoms with Crippen molar-refractivity contribution in [1.29, 1.82) is 0 Å². The van der Waals surface area contributed by atoms with Gasteiger partial charge in [0.15, 0.2) is 5.76 Å². The van der Waals surface area contributed by atoms with E-state index >= 15 is 0 Å². The smallest absolute Gasteiger partial charge is 0.233 e. The first-order valence-electron chi connectivity index (χ1n) is 8.26. The number of nitrogens with zero attached hydrogens (tertiary/aromatic N) is 3. The molecule has 0 unspecified atom stereocenters. The summed E-state index contributed by atoms with van der Waals surface area (Å²) in [5.41, 5.74) is 2.62. The van der Waals surface area contributed by atoms with Crippen LogP contribution in [0.4, 0.5) is 11.4 Å². The van der Waals surface area contributed by atoms with Crippen LogP contribution >= 0.6 is 0 Å². The van der Waals surface area contributed by atoms with Crippen LogP contribution in [0.1, 0.15) is 12.1 Å². The Kier molecular flexibility index (Phi) is 4.18. The van der Waals surface area contributed by atoms with Gasteiger partial charge < -0.3 is 14.7 Å². The van der Waals surface area contributed by atoms with E-state index in [4.69, 9.17) is 4.52 Å². The molecule has 0 bridgehead atoms. The lowest BCUT2D eigenvalue weighted by Gasteiger charge is -2.21. The van der Waals surface area contributed by atoms with Gasteiger partial charge in [-0.1, -0.05) is 35.5 Å². The number of nitrogens with one attached hydrogen (secondary N) is 1. The minimum Gasteiger partial charge on any atom is -0.356 e. The summed E-state index contributed by atoms with van der Waals surface area (Å²) in [7, 11) is 0. The number of amides is 2. The molecule has 0 radical (unpaired) electrons. The number of pyridine rings is 1. The number of benzene rings is 1. The lowest BCUT2D eigenvalue weighted by atomic mass is 10.1. The highest BCUT2D eigenvalue weighted by Gasteiger charge is 2.25. The molecule has 0 fully saturated rings. The van der Waals surface area contributed by atoms with Gasteiger partial charge in [-0.25, -0.2) is 0 Å². The van der Waals surface area contributed by atoms with Crippen molar-refractivity contribution in [2.24, 2.45) is 0 Å². The maximum absolute atomic E-state index is 12.8. The highest BCUT2D eigenvalue weighted by atomic mass is 16.5. The maximum Gasteiger partial charge on any atom is 0.233 e. The van der Waals surface area contributed by atoms with Gasteiger partial charge >= 0.3 is 0 Å². The second kappa shape index (κ2) is 6.79. The molecule has 0 aliphatic carbocycles. The molecule has 3 heterocycles. The number of rotatable bonds is 3. The van der Waals surface area contributed by atoms with Crippen LogP contribution in [-0.2, 0) is 16.0 Å². The van der Waals surface area contributed by atoms with Gasteiger partial charge in [0.25, 0.3) is 0 Å². The van der Waals surface area contributed by atoms with Crippen molar-refractivity contribution < 1.29 is 14.1 Å². The Balaban J connectivity index is 1.55. The van der Waals surface area contributed by atoms with Crippen LogP contribution in [0.25, 0.3) is 11.3 Å². The second-order valence-corrected chi connectivity index (χ2v) is 5.96. The number of carbonyl (C=O) groups is 2. The lowest BCUT2D eigenvalue weighted by Crippen LogP contribution is -2.33. The number of anilines is 2. The van der Waals surface area contributed by atoms with Gasteiger partial charge in [-0.2, -0.15) is 0 Å². The first-order valence-corrected chi connectivity index (χ1v) is 8.26. The predicted octanol–water partition coefficient (Wildman–Crippen LogP) is 2.65. The molecule has 4 rings (SSSR count). The zero-order valence-corrected chi connectivity index (χ0v) is 13.9. The fraction of sp³-hybridized carbons (Fsp3) is 0.158. The summed E-state index contributed by atoms with van der Waals surface area (Å²) < 4.78 is 5.35. The molecule has 26 heavy (non-hydrogen) atoms. The Morgan fingerprint density at radius 1 is 1.23 bits per heavy atom. The molecule has 0 spiro atoms. The highest BCUT2D eigenvalue weighted by Crippen LogP contribution is 2.28. The van der Waals surface area contributed by atoms with E-state index in [9.17, 15) is 9.59 Å². The fourth-order valence-electron chi connectivity index (χ4n) is 2.90. The average Bonchev–Trinajstić information content (AvgIpc) is 3.05.